The fraction of sp³-hybridized carbons (Fsp3) is 0.105. The largest absolute Gasteiger partial charge is 0.456 e. The van der Waals surface area contributed by atoms with E-state index >= 15 is 0 Å². The van der Waals surface area contributed by atoms with Crippen LogP contribution in [0, 0.1) is 27.7 Å². The van der Waals surface area contributed by atoms with E-state index in [1.54, 1.807) is 0 Å². The van der Waals surface area contributed by atoms with Crippen molar-refractivity contribution in [3.8, 4) is 33.4 Å². The summed E-state index contributed by atoms with van der Waals surface area (Å²) in [7, 11) is 0. The molecule has 0 aliphatic heterocycles. The predicted octanol–water partition coefficient (Wildman–Crippen LogP) is 11.0. The van der Waals surface area contributed by atoms with E-state index in [9.17, 15) is 0 Å². The van der Waals surface area contributed by atoms with Crippen LogP contribution < -0.4 is 0 Å². The molecule has 188 valence electrons. The van der Waals surface area contributed by atoms with Gasteiger partial charge in [0.2, 0.25) is 0 Å². The minimum atomic E-state index is 0.919. The van der Waals surface area contributed by atoms with Gasteiger partial charge in [-0.3, -0.25) is 0 Å². The van der Waals surface area contributed by atoms with Gasteiger partial charge in [-0.15, -0.1) is 0 Å². The SMILES string of the molecule is Cc1ccccc1-c1cc(-c2ccc3oc4cccc(-c5cc6ccccc6c(C)c5C)c4c3c2)ccc1C. The minimum absolute atomic E-state index is 0.919. The van der Waals surface area contributed by atoms with Crippen molar-refractivity contribution in [1.29, 1.82) is 0 Å². The van der Waals surface area contributed by atoms with Crippen LogP contribution in [0.1, 0.15) is 22.3 Å². The van der Waals surface area contributed by atoms with Crippen LogP contribution in [0.5, 0.6) is 0 Å². The number of furan rings is 1. The zero-order chi connectivity index (χ0) is 26.7. The van der Waals surface area contributed by atoms with E-state index in [2.05, 4.69) is 137 Å². The lowest BCUT2D eigenvalue weighted by molar-refractivity contribution is 0.669. The zero-order valence-corrected chi connectivity index (χ0v) is 22.8. The van der Waals surface area contributed by atoms with Crippen molar-refractivity contribution >= 4 is 32.7 Å². The first-order valence-electron chi connectivity index (χ1n) is 13.6. The third kappa shape index (κ3) is 3.77. The van der Waals surface area contributed by atoms with Crippen LogP contribution in [0.25, 0.3) is 66.1 Å². The molecule has 1 nitrogen and oxygen atoms in total. The summed E-state index contributed by atoms with van der Waals surface area (Å²) in [6.45, 7) is 8.85. The van der Waals surface area contributed by atoms with E-state index in [4.69, 9.17) is 4.42 Å². The first-order valence-corrected chi connectivity index (χ1v) is 13.6. The van der Waals surface area contributed by atoms with Crippen molar-refractivity contribution in [2.24, 2.45) is 0 Å². The maximum absolute atomic E-state index is 6.39. The van der Waals surface area contributed by atoms with Gasteiger partial charge in [0.05, 0.1) is 0 Å². The predicted molar refractivity (Wildman–Crippen MR) is 166 cm³/mol. The van der Waals surface area contributed by atoms with Crippen LogP contribution in [-0.2, 0) is 0 Å². The third-order valence-corrected chi connectivity index (χ3v) is 8.42. The molecule has 39 heavy (non-hydrogen) atoms. The molecular weight excluding hydrogens is 472 g/mol. The molecule has 0 fully saturated rings. The summed E-state index contributed by atoms with van der Waals surface area (Å²) in [6, 6.07) is 39.5. The Hall–Kier alpha value is -4.62. The molecule has 0 N–H and O–H groups in total. The molecule has 0 bridgehead atoms. The molecule has 0 saturated carbocycles. The number of hydrogen-bond acceptors (Lipinski definition) is 1. The first-order chi connectivity index (χ1) is 19.0. The van der Waals surface area contributed by atoms with Gasteiger partial charge in [-0.2, -0.15) is 0 Å². The fourth-order valence-electron chi connectivity index (χ4n) is 6.11. The van der Waals surface area contributed by atoms with Crippen molar-refractivity contribution in [3.05, 3.63) is 131 Å². The lowest BCUT2D eigenvalue weighted by Crippen LogP contribution is -1.91. The highest BCUT2D eigenvalue weighted by Crippen LogP contribution is 2.41. The van der Waals surface area contributed by atoms with E-state index in [1.165, 1.54) is 71.8 Å². The molecule has 0 atom stereocenters. The second kappa shape index (κ2) is 8.99. The van der Waals surface area contributed by atoms with E-state index in [0.29, 0.717) is 0 Å². The van der Waals surface area contributed by atoms with Crippen molar-refractivity contribution in [2.75, 3.05) is 0 Å². The Labute approximate surface area is 229 Å². The number of fused-ring (bicyclic) bond motifs is 4. The molecule has 0 spiro atoms. The Balaban J connectivity index is 1.45. The van der Waals surface area contributed by atoms with Gasteiger partial charge in [0.15, 0.2) is 0 Å². The molecule has 6 aromatic carbocycles. The van der Waals surface area contributed by atoms with Gasteiger partial charge in [0.1, 0.15) is 11.2 Å². The quantitative estimate of drug-likeness (QED) is 0.234. The second-order valence-corrected chi connectivity index (χ2v) is 10.7. The molecule has 0 aliphatic carbocycles. The number of rotatable bonds is 3. The Bertz CT molecular complexity index is 2050. The molecule has 1 aromatic heterocycles. The normalized spacial score (nSPS) is 11.6. The maximum atomic E-state index is 6.39. The molecule has 1 heteroatoms. The summed E-state index contributed by atoms with van der Waals surface area (Å²) in [5.41, 5.74) is 14.5. The van der Waals surface area contributed by atoms with Crippen molar-refractivity contribution in [2.45, 2.75) is 27.7 Å². The standard InChI is InChI=1S/C38H30O/c1-23-10-5-7-12-30(23)33-20-27(17-16-24(33)2)28-18-19-36-35(21-28)38-32(14-9-15-37(38)39-36)34-22-29-11-6-8-13-31(29)25(3)26(34)4/h5-22H,1-4H3. The molecule has 7 aromatic rings. The van der Waals surface area contributed by atoms with E-state index in [1.807, 2.05) is 0 Å². The van der Waals surface area contributed by atoms with Gasteiger partial charge in [0.25, 0.3) is 0 Å². The fourth-order valence-corrected chi connectivity index (χ4v) is 6.11. The Morgan fingerprint density at radius 3 is 2.03 bits per heavy atom. The topological polar surface area (TPSA) is 13.1 Å². The highest BCUT2D eigenvalue weighted by atomic mass is 16.3. The molecule has 0 amide bonds. The van der Waals surface area contributed by atoms with Crippen molar-refractivity contribution < 1.29 is 4.42 Å². The van der Waals surface area contributed by atoms with Gasteiger partial charge in [-0.05, 0) is 124 Å². The molecular formula is C38H30O. The van der Waals surface area contributed by atoms with Crippen molar-refractivity contribution in [3.63, 3.8) is 0 Å². The van der Waals surface area contributed by atoms with Crippen molar-refractivity contribution in [1.82, 2.24) is 0 Å². The van der Waals surface area contributed by atoms with Crippen LogP contribution >= 0.6 is 0 Å². The number of aryl methyl sites for hydroxylation is 3. The summed E-state index contributed by atoms with van der Waals surface area (Å²) in [6.07, 6.45) is 0. The van der Waals surface area contributed by atoms with Gasteiger partial charge < -0.3 is 4.42 Å². The third-order valence-electron chi connectivity index (χ3n) is 8.42. The molecule has 0 saturated heterocycles. The summed E-state index contributed by atoms with van der Waals surface area (Å²) in [5.74, 6) is 0. The molecule has 7 rings (SSSR count). The smallest absolute Gasteiger partial charge is 0.136 e. The van der Waals surface area contributed by atoms with Gasteiger partial charge in [-0.25, -0.2) is 0 Å². The van der Waals surface area contributed by atoms with E-state index < -0.39 is 0 Å². The Kier molecular flexibility index (Phi) is 5.42. The average molecular weight is 503 g/mol. The molecule has 0 aliphatic rings. The van der Waals surface area contributed by atoms with Gasteiger partial charge in [-0.1, -0.05) is 78.9 Å². The van der Waals surface area contributed by atoms with Gasteiger partial charge in [0, 0.05) is 10.8 Å². The molecule has 0 radical (unpaired) electrons. The minimum Gasteiger partial charge on any atom is -0.456 e. The highest BCUT2D eigenvalue weighted by molar-refractivity contribution is 6.14. The summed E-state index contributed by atoms with van der Waals surface area (Å²) < 4.78 is 6.39. The van der Waals surface area contributed by atoms with Crippen LogP contribution in [-0.4, -0.2) is 0 Å². The number of benzene rings is 6. The van der Waals surface area contributed by atoms with E-state index in [-0.39, 0.29) is 0 Å². The first kappa shape index (κ1) is 23.5. The molecule has 1 heterocycles. The Morgan fingerprint density at radius 1 is 0.436 bits per heavy atom. The number of hydrogen-bond donors (Lipinski definition) is 0. The lowest BCUT2D eigenvalue weighted by atomic mass is 9.89. The summed E-state index contributed by atoms with van der Waals surface area (Å²) >= 11 is 0. The second-order valence-electron chi connectivity index (χ2n) is 10.7. The summed E-state index contributed by atoms with van der Waals surface area (Å²) in [4.78, 5) is 0. The Morgan fingerprint density at radius 2 is 1.15 bits per heavy atom. The maximum Gasteiger partial charge on any atom is 0.136 e. The molecule has 0 unspecified atom stereocenters. The van der Waals surface area contributed by atoms with Crippen LogP contribution in [0.2, 0.25) is 0 Å². The van der Waals surface area contributed by atoms with Crippen LogP contribution in [0.15, 0.2) is 114 Å². The summed E-state index contributed by atoms with van der Waals surface area (Å²) in [5, 5.41) is 4.92. The highest BCUT2D eigenvalue weighted by Gasteiger charge is 2.17. The van der Waals surface area contributed by atoms with Crippen LogP contribution in [0.4, 0.5) is 0 Å². The van der Waals surface area contributed by atoms with E-state index in [0.717, 1.165) is 16.6 Å². The van der Waals surface area contributed by atoms with Crippen LogP contribution in [0.3, 0.4) is 0 Å². The zero-order valence-electron chi connectivity index (χ0n) is 22.8. The van der Waals surface area contributed by atoms with Gasteiger partial charge >= 0.3 is 0 Å². The lowest BCUT2D eigenvalue weighted by Gasteiger charge is -2.14. The monoisotopic (exact) mass is 502 g/mol. The average Bonchev–Trinajstić information content (AvgIpc) is 3.34.